The monoisotopic (exact) mass is 291 g/mol. The van der Waals surface area contributed by atoms with Gasteiger partial charge in [-0.3, -0.25) is 14.4 Å². The van der Waals surface area contributed by atoms with Crippen molar-refractivity contribution in [2.24, 2.45) is 23.7 Å². The van der Waals surface area contributed by atoms with Crippen molar-refractivity contribution < 1.29 is 19.5 Å². The minimum Gasteiger partial charge on any atom is -0.393 e. The molecule has 0 heterocycles. The Bertz CT molecular complexity index is 528. The average molecular weight is 291 g/mol. The fraction of sp³-hybridized carbons (Fsp3) is 0.688. The van der Waals surface area contributed by atoms with Crippen LogP contribution in [-0.4, -0.2) is 34.2 Å². The second-order valence-corrected chi connectivity index (χ2v) is 6.74. The van der Waals surface area contributed by atoms with Crippen LogP contribution in [0, 0.1) is 23.7 Å². The summed E-state index contributed by atoms with van der Waals surface area (Å²) in [5.41, 5.74) is -0.801. The van der Waals surface area contributed by atoms with E-state index >= 15 is 0 Å². The van der Waals surface area contributed by atoms with E-state index in [4.69, 9.17) is 0 Å². The first-order valence-electron chi connectivity index (χ1n) is 7.55. The molecule has 1 amide bonds. The predicted molar refractivity (Wildman–Crippen MR) is 75.2 cm³/mol. The molecule has 3 fully saturated rings. The molecule has 5 heteroatoms. The Labute approximate surface area is 123 Å². The van der Waals surface area contributed by atoms with Crippen molar-refractivity contribution in [1.29, 1.82) is 0 Å². The van der Waals surface area contributed by atoms with E-state index in [1.54, 1.807) is 6.08 Å². The molecule has 0 radical (unpaired) electrons. The molecule has 0 aliphatic heterocycles. The molecule has 2 N–H and O–H groups in total. The first-order valence-corrected chi connectivity index (χ1v) is 7.55. The van der Waals surface area contributed by atoms with Gasteiger partial charge in [0.15, 0.2) is 5.78 Å². The van der Waals surface area contributed by atoms with E-state index in [1.165, 1.54) is 6.92 Å². The summed E-state index contributed by atoms with van der Waals surface area (Å²) in [6.07, 6.45) is 3.18. The van der Waals surface area contributed by atoms with Gasteiger partial charge in [-0.1, -0.05) is 6.08 Å². The smallest absolute Gasteiger partial charge is 0.224 e. The Balaban J connectivity index is 1.71. The molecule has 3 aliphatic rings. The number of Topliss-reactive ketones (excluding diaryl/α,β-unsaturated/α-hetero) is 2. The number of hydrogen-bond donors (Lipinski definition) is 2. The van der Waals surface area contributed by atoms with Gasteiger partial charge >= 0.3 is 0 Å². The predicted octanol–water partition coefficient (Wildman–Crippen LogP) is 0.612. The molecule has 5 nitrogen and oxygen atoms in total. The van der Waals surface area contributed by atoms with Crippen LogP contribution in [0.25, 0.3) is 0 Å². The van der Waals surface area contributed by atoms with E-state index in [1.807, 2.05) is 0 Å². The van der Waals surface area contributed by atoms with E-state index in [-0.39, 0.29) is 41.1 Å². The number of rotatable bonds is 5. The number of ketones is 2. The lowest BCUT2D eigenvalue weighted by Gasteiger charge is -2.22. The summed E-state index contributed by atoms with van der Waals surface area (Å²) in [6.45, 7) is 5.17. The second-order valence-electron chi connectivity index (χ2n) is 6.74. The van der Waals surface area contributed by atoms with Crippen LogP contribution in [0.2, 0.25) is 0 Å². The number of nitrogens with one attached hydrogen (secondary N) is 1. The van der Waals surface area contributed by atoms with Crippen LogP contribution < -0.4 is 5.32 Å². The lowest BCUT2D eigenvalue weighted by atomic mass is 9.90. The molecular formula is C16H21NO4. The number of aliphatic hydroxyl groups excluding tert-OH is 1. The quantitative estimate of drug-likeness (QED) is 0.727. The van der Waals surface area contributed by atoms with Crippen molar-refractivity contribution in [2.45, 2.75) is 44.2 Å². The maximum atomic E-state index is 12.5. The topological polar surface area (TPSA) is 83.5 Å². The summed E-state index contributed by atoms with van der Waals surface area (Å²) in [4.78, 5) is 35.7. The minimum absolute atomic E-state index is 0.00807. The molecule has 0 bridgehead atoms. The third-order valence-corrected chi connectivity index (χ3v) is 5.39. The summed E-state index contributed by atoms with van der Waals surface area (Å²) in [7, 11) is 0. The number of carbonyl (C=O) groups excluding carboxylic acids is 3. The maximum Gasteiger partial charge on any atom is 0.224 e. The van der Waals surface area contributed by atoms with E-state index in [0.717, 1.165) is 0 Å². The zero-order valence-corrected chi connectivity index (χ0v) is 12.2. The minimum atomic E-state index is -0.801. The fourth-order valence-corrected chi connectivity index (χ4v) is 3.86. The third kappa shape index (κ3) is 2.33. The molecule has 0 saturated heterocycles. The Kier molecular flexibility index (Phi) is 3.28. The zero-order valence-electron chi connectivity index (χ0n) is 12.2. The van der Waals surface area contributed by atoms with Gasteiger partial charge in [0.2, 0.25) is 5.91 Å². The van der Waals surface area contributed by atoms with Crippen molar-refractivity contribution in [3.63, 3.8) is 0 Å². The van der Waals surface area contributed by atoms with Crippen LogP contribution in [0.15, 0.2) is 12.7 Å². The van der Waals surface area contributed by atoms with Crippen molar-refractivity contribution in [2.75, 3.05) is 0 Å². The van der Waals surface area contributed by atoms with E-state index in [0.29, 0.717) is 25.7 Å². The van der Waals surface area contributed by atoms with Gasteiger partial charge in [0, 0.05) is 24.2 Å². The highest BCUT2D eigenvalue weighted by Gasteiger charge is 2.59. The van der Waals surface area contributed by atoms with Crippen LogP contribution in [0.3, 0.4) is 0 Å². The van der Waals surface area contributed by atoms with Crippen molar-refractivity contribution >= 4 is 17.5 Å². The van der Waals surface area contributed by atoms with Crippen LogP contribution in [-0.2, 0) is 14.4 Å². The first kappa shape index (κ1) is 14.4. The number of carbonyl (C=O) groups is 3. The number of amides is 1. The van der Waals surface area contributed by atoms with Crippen LogP contribution in [0.5, 0.6) is 0 Å². The van der Waals surface area contributed by atoms with Gasteiger partial charge in [-0.2, -0.15) is 0 Å². The molecule has 6 unspecified atom stereocenters. The molecule has 3 saturated carbocycles. The highest BCUT2D eigenvalue weighted by molar-refractivity contribution is 5.98. The summed E-state index contributed by atoms with van der Waals surface area (Å²) in [6, 6.07) is 0. The van der Waals surface area contributed by atoms with E-state index in [9.17, 15) is 19.5 Å². The zero-order chi connectivity index (χ0) is 15.4. The Morgan fingerprint density at radius 2 is 2.10 bits per heavy atom. The summed E-state index contributed by atoms with van der Waals surface area (Å²) >= 11 is 0. The van der Waals surface area contributed by atoms with Gasteiger partial charge in [-0.15, -0.1) is 6.58 Å². The first-order chi connectivity index (χ1) is 9.89. The average Bonchev–Trinajstić information content (AvgIpc) is 3.28. The molecule has 0 aromatic carbocycles. The van der Waals surface area contributed by atoms with Gasteiger partial charge in [0.05, 0.1) is 6.10 Å². The molecule has 3 aliphatic carbocycles. The molecule has 6 atom stereocenters. The largest absolute Gasteiger partial charge is 0.393 e. The molecular weight excluding hydrogens is 270 g/mol. The molecule has 3 rings (SSSR count). The van der Waals surface area contributed by atoms with Crippen LogP contribution >= 0.6 is 0 Å². The van der Waals surface area contributed by atoms with Gasteiger partial charge in [-0.25, -0.2) is 0 Å². The fourth-order valence-electron chi connectivity index (χ4n) is 3.86. The maximum absolute atomic E-state index is 12.5. The van der Waals surface area contributed by atoms with Gasteiger partial charge in [-0.05, 0) is 32.1 Å². The Morgan fingerprint density at radius 1 is 1.43 bits per heavy atom. The second kappa shape index (κ2) is 4.77. The molecule has 0 spiro atoms. The summed E-state index contributed by atoms with van der Waals surface area (Å²) in [5.74, 6) is -0.583. The highest BCUT2D eigenvalue weighted by Crippen LogP contribution is 2.48. The lowest BCUT2D eigenvalue weighted by Crippen LogP contribution is -2.47. The summed E-state index contributed by atoms with van der Waals surface area (Å²) < 4.78 is 0. The van der Waals surface area contributed by atoms with Gasteiger partial charge in [0.1, 0.15) is 11.3 Å². The Morgan fingerprint density at radius 3 is 2.57 bits per heavy atom. The number of hydrogen-bond acceptors (Lipinski definition) is 4. The van der Waals surface area contributed by atoms with E-state index in [2.05, 4.69) is 11.9 Å². The van der Waals surface area contributed by atoms with Gasteiger partial charge < -0.3 is 10.4 Å². The Hall–Kier alpha value is -1.49. The molecule has 114 valence electrons. The normalized spacial score (nSPS) is 44.3. The third-order valence-electron chi connectivity index (χ3n) is 5.39. The molecule has 0 aromatic heterocycles. The highest BCUT2D eigenvalue weighted by atomic mass is 16.3. The molecule has 21 heavy (non-hydrogen) atoms. The van der Waals surface area contributed by atoms with E-state index < -0.39 is 11.6 Å². The lowest BCUT2D eigenvalue weighted by molar-refractivity contribution is -0.131. The van der Waals surface area contributed by atoms with Crippen LogP contribution in [0.1, 0.15) is 32.6 Å². The SMILES string of the molecule is C=CC1CC1(NC(=O)C1CC(O)CC1C1CC1=O)C(C)=O. The van der Waals surface area contributed by atoms with Gasteiger partial charge in [0.25, 0.3) is 0 Å². The summed E-state index contributed by atoms with van der Waals surface area (Å²) in [5, 5.41) is 12.7. The van der Waals surface area contributed by atoms with Crippen molar-refractivity contribution in [1.82, 2.24) is 5.32 Å². The van der Waals surface area contributed by atoms with Crippen molar-refractivity contribution in [3.05, 3.63) is 12.7 Å². The standard InChI is InChI=1S/C16H21NO4/c1-3-9-7-16(9,8(2)18)17-15(21)13-5-10(19)4-11(13)12-6-14(12)20/h3,9-13,19H,1,4-7H2,2H3,(H,17,21). The molecule has 0 aromatic rings. The van der Waals surface area contributed by atoms with Crippen LogP contribution in [0.4, 0.5) is 0 Å². The van der Waals surface area contributed by atoms with Crippen molar-refractivity contribution in [3.8, 4) is 0 Å². The number of aliphatic hydroxyl groups is 1.